The van der Waals surface area contributed by atoms with Crippen molar-refractivity contribution >= 4 is 15.9 Å². The van der Waals surface area contributed by atoms with Crippen molar-refractivity contribution in [2.24, 2.45) is 0 Å². The maximum atomic E-state index is 13.5. The molecule has 0 amide bonds. The molecular formula is C16H17BrFNO. The van der Waals surface area contributed by atoms with Gasteiger partial charge in [0, 0.05) is 4.47 Å². The van der Waals surface area contributed by atoms with Gasteiger partial charge < -0.3 is 10.1 Å². The van der Waals surface area contributed by atoms with Crippen molar-refractivity contribution in [1.82, 2.24) is 5.32 Å². The molecule has 0 aliphatic carbocycles. The van der Waals surface area contributed by atoms with Gasteiger partial charge in [-0.2, -0.15) is 0 Å². The Bertz CT molecular complexity index is 571. The Labute approximate surface area is 127 Å². The molecule has 2 aromatic rings. The van der Waals surface area contributed by atoms with E-state index in [4.69, 9.17) is 4.74 Å². The lowest BCUT2D eigenvalue weighted by Crippen LogP contribution is -2.22. The van der Waals surface area contributed by atoms with Crippen LogP contribution < -0.4 is 10.1 Å². The lowest BCUT2D eigenvalue weighted by atomic mass is 9.98. The second kappa shape index (κ2) is 6.86. The third-order valence-corrected chi connectivity index (χ3v) is 3.65. The van der Waals surface area contributed by atoms with Crippen LogP contribution in [0.15, 0.2) is 46.9 Å². The molecule has 0 radical (unpaired) electrons. The van der Waals surface area contributed by atoms with E-state index in [0.717, 1.165) is 22.1 Å². The van der Waals surface area contributed by atoms with E-state index in [2.05, 4.69) is 21.2 Å². The number of rotatable bonds is 5. The minimum atomic E-state index is -0.345. The Balaban J connectivity index is 2.39. The average Bonchev–Trinajstić information content (AvgIpc) is 2.47. The smallest absolute Gasteiger partial charge is 0.165 e. The molecule has 0 heterocycles. The van der Waals surface area contributed by atoms with E-state index in [1.54, 1.807) is 12.1 Å². The van der Waals surface area contributed by atoms with Crippen LogP contribution in [0.4, 0.5) is 4.39 Å². The largest absolute Gasteiger partial charge is 0.494 e. The van der Waals surface area contributed by atoms with E-state index < -0.39 is 0 Å². The Kier molecular flexibility index (Phi) is 5.15. The summed E-state index contributed by atoms with van der Waals surface area (Å²) >= 11 is 3.43. The molecule has 2 aromatic carbocycles. The molecule has 0 aliphatic heterocycles. The van der Waals surface area contributed by atoms with Crippen LogP contribution in [0.3, 0.4) is 0 Å². The van der Waals surface area contributed by atoms with Crippen molar-refractivity contribution in [3.63, 3.8) is 0 Å². The molecule has 4 heteroatoms. The van der Waals surface area contributed by atoms with Crippen molar-refractivity contribution in [3.8, 4) is 5.75 Å². The second-order valence-electron chi connectivity index (χ2n) is 4.44. The van der Waals surface area contributed by atoms with Crippen LogP contribution in [0.1, 0.15) is 24.1 Å². The van der Waals surface area contributed by atoms with E-state index in [-0.39, 0.29) is 17.6 Å². The fraction of sp³-hybridized carbons (Fsp3) is 0.250. The third-order valence-electron chi connectivity index (χ3n) is 3.12. The van der Waals surface area contributed by atoms with Gasteiger partial charge in [-0.15, -0.1) is 0 Å². The molecule has 1 unspecified atom stereocenters. The molecule has 0 spiro atoms. The molecule has 0 saturated heterocycles. The van der Waals surface area contributed by atoms with Crippen LogP contribution >= 0.6 is 15.9 Å². The number of halogens is 2. The van der Waals surface area contributed by atoms with Crippen molar-refractivity contribution in [2.45, 2.75) is 13.0 Å². The summed E-state index contributed by atoms with van der Waals surface area (Å²) < 4.78 is 19.6. The molecule has 1 N–H and O–H groups in total. The molecule has 106 valence electrons. The molecule has 0 fully saturated rings. The SMILES string of the molecule is CCNC(c1ccc(Br)cc1)c1ccc(F)c(OC)c1. The summed E-state index contributed by atoms with van der Waals surface area (Å²) in [4.78, 5) is 0. The Hall–Kier alpha value is -1.39. The predicted molar refractivity (Wildman–Crippen MR) is 82.6 cm³/mol. The Morgan fingerprint density at radius 3 is 2.40 bits per heavy atom. The number of nitrogens with one attached hydrogen (secondary N) is 1. The van der Waals surface area contributed by atoms with Gasteiger partial charge in [-0.3, -0.25) is 0 Å². The maximum Gasteiger partial charge on any atom is 0.165 e. The van der Waals surface area contributed by atoms with Gasteiger partial charge in [0.15, 0.2) is 11.6 Å². The highest BCUT2D eigenvalue weighted by Gasteiger charge is 2.15. The summed E-state index contributed by atoms with van der Waals surface area (Å²) in [6, 6.07) is 13.1. The first-order valence-electron chi connectivity index (χ1n) is 6.48. The summed E-state index contributed by atoms with van der Waals surface area (Å²) in [5, 5.41) is 3.41. The average molecular weight is 338 g/mol. The first-order valence-corrected chi connectivity index (χ1v) is 7.27. The third kappa shape index (κ3) is 3.38. The lowest BCUT2D eigenvalue weighted by Gasteiger charge is -2.20. The highest BCUT2D eigenvalue weighted by atomic mass is 79.9. The topological polar surface area (TPSA) is 21.3 Å². The van der Waals surface area contributed by atoms with Crippen LogP contribution in [0.5, 0.6) is 5.75 Å². The zero-order valence-electron chi connectivity index (χ0n) is 11.5. The van der Waals surface area contributed by atoms with Gasteiger partial charge in [0.1, 0.15) is 0 Å². The Morgan fingerprint density at radius 2 is 1.80 bits per heavy atom. The van der Waals surface area contributed by atoms with E-state index in [1.807, 2.05) is 31.2 Å². The number of hydrogen-bond donors (Lipinski definition) is 1. The highest BCUT2D eigenvalue weighted by Crippen LogP contribution is 2.27. The highest BCUT2D eigenvalue weighted by molar-refractivity contribution is 9.10. The van der Waals surface area contributed by atoms with Crippen molar-refractivity contribution in [3.05, 3.63) is 63.9 Å². The maximum absolute atomic E-state index is 13.5. The van der Waals surface area contributed by atoms with Crippen LogP contribution in [0.2, 0.25) is 0 Å². The van der Waals surface area contributed by atoms with Crippen LogP contribution in [-0.4, -0.2) is 13.7 Å². The molecule has 20 heavy (non-hydrogen) atoms. The molecule has 2 nitrogen and oxygen atoms in total. The minimum Gasteiger partial charge on any atom is -0.494 e. The molecule has 0 aliphatic rings. The van der Waals surface area contributed by atoms with Gasteiger partial charge in [-0.05, 0) is 41.9 Å². The van der Waals surface area contributed by atoms with E-state index in [0.29, 0.717) is 0 Å². The molecule has 0 aromatic heterocycles. The Morgan fingerprint density at radius 1 is 1.15 bits per heavy atom. The van der Waals surface area contributed by atoms with Gasteiger partial charge in [-0.25, -0.2) is 4.39 Å². The zero-order chi connectivity index (χ0) is 14.5. The van der Waals surface area contributed by atoms with Gasteiger partial charge in [0.25, 0.3) is 0 Å². The first kappa shape index (κ1) is 15.0. The summed E-state index contributed by atoms with van der Waals surface area (Å²) in [5.74, 6) is -0.0789. The molecule has 1 atom stereocenters. The predicted octanol–water partition coefficient (Wildman–Crippen LogP) is 4.30. The summed E-state index contributed by atoms with van der Waals surface area (Å²) in [6.45, 7) is 2.87. The fourth-order valence-electron chi connectivity index (χ4n) is 2.14. The summed E-state index contributed by atoms with van der Waals surface area (Å²) in [7, 11) is 1.48. The molecule has 0 saturated carbocycles. The quantitative estimate of drug-likeness (QED) is 0.878. The second-order valence-corrected chi connectivity index (χ2v) is 5.35. The first-order chi connectivity index (χ1) is 9.65. The number of methoxy groups -OCH3 is 1. The number of benzene rings is 2. The number of hydrogen-bond acceptors (Lipinski definition) is 2. The molecule has 0 bridgehead atoms. The van der Waals surface area contributed by atoms with Crippen LogP contribution in [0.25, 0.3) is 0 Å². The monoisotopic (exact) mass is 337 g/mol. The zero-order valence-corrected chi connectivity index (χ0v) is 13.1. The van der Waals surface area contributed by atoms with Gasteiger partial charge in [-0.1, -0.05) is 41.1 Å². The van der Waals surface area contributed by atoms with Gasteiger partial charge in [0.05, 0.1) is 13.2 Å². The van der Waals surface area contributed by atoms with Crippen LogP contribution in [-0.2, 0) is 0 Å². The molecule has 2 rings (SSSR count). The molecular weight excluding hydrogens is 321 g/mol. The number of ether oxygens (including phenoxy) is 1. The normalized spacial score (nSPS) is 12.2. The van der Waals surface area contributed by atoms with Gasteiger partial charge in [0.2, 0.25) is 0 Å². The summed E-state index contributed by atoms with van der Waals surface area (Å²) in [6.07, 6.45) is 0. The van der Waals surface area contributed by atoms with E-state index >= 15 is 0 Å². The van der Waals surface area contributed by atoms with Gasteiger partial charge >= 0.3 is 0 Å². The van der Waals surface area contributed by atoms with E-state index in [1.165, 1.54) is 13.2 Å². The summed E-state index contributed by atoms with van der Waals surface area (Å²) in [5.41, 5.74) is 2.11. The van der Waals surface area contributed by atoms with E-state index in [9.17, 15) is 4.39 Å². The standard InChI is InChI=1S/C16H17BrFNO/c1-3-19-16(11-4-7-13(17)8-5-11)12-6-9-14(18)15(10-12)20-2/h4-10,16,19H,3H2,1-2H3. The fourth-order valence-corrected chi connectivity index (χ4v) is 2.41. The van der Waals surface area contributed by atoms with Crippen molar-refractivity contribution < 1.29 is 9.13 Å². The minimum absolute atomic E-state index is 0.0163. The van der Waals surface area contributed by atoms with Crippen LogP contribution in [0, 0.1) is 5.82 Å². The van der Waals surface area contributed by atoms with Crippen molar-refractivity contribution in [1.29, 1.82) is 0 Å². The lowest BCUT2D eigenvalue weighted by molar-refractivity contribution is 0.385. The van der Waals surface area contributed by atoms with Crippen molar-refractivity contribution in [2.75, 3.05) is 13.7 Å².